The maximum atomic E-state index is 13.5. The largest absolute Gasteiger partial charge is 0.298 e. The number of sulfone groups is 1. The van der Waals surface area contributed by atoms with Crippen molar-refractivity contribution in [3.63, 3.8) is 0 Å². The number of thiazole rings is 1. The zero-order chi connectivity index (χ0) is 24.0. The quantitative estimate of drug-likeness (QED) is 0.316. The fourth-order valence-electron chi connectivity index (χ4n) is 3.84. The van der Waals surface area contributed by atoms with Crippen molar-refractivity contribution in [3.05, 3.63) is 82.9 Å². The molecule has 0 bridgehead atoms. The molecule has 170 valence electrons. The number of nitrogens with one attached hydrogen (secondary N) is 1. The average Bonchev–Trinajstić information content (AvgIpc) is 3.20. The summed E-state index contributed by atoms with van der Waals surface area (Å²) >= 11 is 7.28. The standard InChI is InChI=1S/C25H18ClN3O3S2/c1-14-22(18-5-3-4-6-19(18)27-23(14)15-7-9-16(26)10-8-15)24(30)29-25-28-20-12-11-17(34(2,31)32)13-21(20)33-25/h3-13H,1-2H3,(H,28,29,30). The average molecular weight is 508 g/mol. The molecule has 6 nitrogen and oxygen atoms in total. The van der Waals surface area contributed by atoms with Crippen LogP contribution in [0.25, 0.3) is 32.4 Å². The third kappa shape index (κ3) is 4.16. The van der Waals surface area contributed by atoms with E-state index < -0.39 is 9.84 Å². The van der Waals surface area contributed by atoms with Crippen LogP contribution in [0, 0.1) is 6.92 Å². The molecule has 0 aliphatic rings. The molecule has 1 amide bonds. The fourth-order valence-corrected chi connectivity index (χ4v) is 5.59. The monoisotopic (exact) mass is 507 g/mol. The predicted molar refractivity (Wildman–Crippen MR) is 138 cm³/mol. The Balaban J connectivity index is 1.59. The third-order valence-corrected chi connectivity index (χ3v) is 7.78. The van der Waals surface area contributed by atoms with Gasteiger partial charge in [-0.1, -0.05) is 53.3 Å². The second kappa shape index (κ2) is 8.47. The number of halogens is 1. The zero-order valence-electron chi connectivity index (χ0n) is 18.2. The molecular formula is C25H18ClN3O3S2. The summed E-state index contributed by atoms with van der Waals surface area (Å²) in [5, 5.41) is 4.64. The van der Waals surface area contributed by atoms with Crippen LogP contribution in [0.2, 0.25) is 5.02 Å². The van der Waals surface area contributed by atoms with Crippen molar-refractivity contribution in [2.75, 3.05) is 11.6 Å². The lowest BCUT2D eigenvalue weighted by Crippen LogP contribution is -2.15. The molecule has 0 saturated heterocycles. The van der Waals surface area contributed by atoms with Gasteiger partial charge in [0, 0.05) is 22.2 Å². The number of anilines is 1. The molecule has 1 N–H and O–H groups in total. The van der Waals surface area contributed by atoms with Gasteiger partial charge in [0.15, 0.2) is 15.0 Å². The Hall–Kier alpha value is -3.33. The molecule has 34 heavy (non-hydrogen) atoms. The van der Waals surface area contributed by atoms with Crippen LogP contribution in [0.3, 0.4) is 0 Å². The highest BCUT2D eigenvalue weighted by molar-refractivity contribution is 7.90. The van der Waals surface area contributed by atoms with Crippen molar-refractivity contribution >= 4 is 64.9 Å². The number of nitrogens with zero attached hydrogens (tertiary/aromatic N) is 2. The second-order valence-corrected chi connectivity index (χ2v) is 11.3. The van der Waals surface area contributed by atoms with Crippen molar-refractivity contribution < 1.29 is 13.2 Å². The van der Waals surface area contributed by atoms with Crippen LogP contribution in [0.4, 0.5) is 5.13 Å². The molecule has 9 heteroatoms. The highest BCUT2D eigenvalue weighted by Gasteiger charge is 2.20. The molecule has 0 aliphatic heterocycles. The van der Waals surface area contributed by atoms with Gasteiger partial charge in [-0.2, -0.15) is 0 Å². The van der Waals surface area contributed by atoms with Gasteiger partial charge in [-0.25, -0.2) is 18.4 Å². The topological polar surface area (TPSA) is 89.0 Å². The highest BCUT2D eigenvalue weighted by atomic mass is 35.5. The summed E-state index contributed by atoms with van der Waals surface area (Å²) in [6.45, 7) is 1.87. The SMILES string of the molecule is Cc1c(-c2ccc(Cl)cc2)nc2ccccc2c1C(=O)Nc1nc2ccc(S(C)(=O)=O)cc2s1. The summed E-state index contributed by atoms with van der Waals surface area (Å²) in [6, 6.07) is 19.6. The number of carbonyl (C=O) groups excluding carboxylic acids is 1. The Labute approximate surface area is 205 Å². The zero-order valence-corrected chi connectivity index (χ0v) is 20.6. The van der Waals surface area contributed by atoms with Gasteiger partial charge in [-0.3, -0.25) is 10.1 Å². The summed E-state index contributed by atoms with van der Waals surface area (Å²) in [7, 11) is -3.34. The minimum absolute atomic E-state index is 0.213. The first-order chi connectivity index (χ1) is 16.2. The Morgan fingerprint density at radius 1 is 0.971 bits per heavy atom. The summed E-state index contributed by atoms with van der Waals surface area (Å²) in [5.74, 6) is -0.311. The van der Waals surface area contributed by atoms with Crippen LogP contribution < -0.4 is 5.32 Å². The van der Waals surface area contributed by atoms with Gasteiger partial charge in [0.25, 0.3) is 5.91 Å². The fraction of sp³-hybridized carbons (Fsp3) is 0.0800. The lowest BCUT2D eigenvalue weighted by Gasteiger charge is -2.14. The van der Waals surface area contributed by atoms with Crippen LogP contribution >= 0.6 is 22.9 Å². The summed E-state index contributed by atoms with van der Waals surface area (Å²) in [5.41, 5.74) is 4.11. The molecule has 0 atom stereocenters. The number of rotatable bonds is 4. The van der Waals surface area contributed by atoms with Crippen molar-refractivity contribution in [1.82, 2.24) is 9.97 Å². The van der Waals surface area contributed by atoms with E-state index in [1.165, 1.54) is 17.4 Å². The summed E-state index contributed by atoms with van der Waals surface area (Å²) in [6.07, 6.45) is 1.16. The molecule has 5 aromatic rings. The first-order valence-corrected chi connectivity index (χ1v) is 13.4. The highest BCUT2D eigenvalue weighted by Crippen LogP contribution is 2.32. The lowest BCUT2D eigenvalue weighted by molar-refractivity contribution is 0.102. The van der Waals surface area contributed by atoms with E-state index in [2.05, 4.69) is 10.3 Å². The number of pyridine rings is 1. The van der Waals surface area contributed by atoms with Gasteiger partial charge in [0.2, 0.25) is 0 Å². The molecule has 0 fully saturated rings. The number of benzene rings is 3. The first-order valence-electron chi connectivity index (χ1n) is 10.3. The number of aromatic nitrogens is 2. The van der Waals surface area contributed by atoms with Crippen LogP contribution in [0.15, 0.2) is 71.6 Å². The van der Waals surface area contributed by atoms with Gasteiger partial charge in [0.05, 0.1) is 31.9 Å². The van der Waals surface area contributed by atoms with Gasteiger partial charge < -0.3 is 0 Å². The lowest BCUT2D eigenvalue weighted by atomic mass is 9.97. The van der Waals surface area contributed by atoms with E-state index >= 15 is 0 Å². The molecule has 2 heterocycles. The molecule has 3 aromatic carbocycles. The molecule has 2 aromatic heterocycles. The van der Waals surface area contributed by atoms with E-state index in [4.69, 9.17) is 16.6 Å². The maximum Gasteiger partial charge on any atom is 0.258 e. The molecule has 0 saturated carbocycles. The number of fused-ring (bicyclic) bond motifs is 2. The second-order valence-electron chi connectivity index (χ2n) is 7.86. The van der Waals surface area contributed by atoms with Crippen LogP contribution in [-0.2, 0) is 9.84 Å². The van der Waals surface area contributed by atoms with Crippen LogP contribution in [0.1, 0.15) is 15.9 Å². The smallest absolute Gasteiger partial charge is 0.258 e. The number of para-hydroxylation sites is 1. The van der Waals surface area contributed by atoms with E-state index in [9.17, 15) is 13.2 Å². The minimum Gasteiger partial charge on any atom is -0.298 e. The Bertz CT molecular complexity index is 1690. The van der Waals surface area contributed by atoms with Gasteiger partial charge in [-0.05, 0) is 48.9 Å². The van der Waals surface area contributed by atoms with Crippen molar-refractivity contribution in [3.8, 4) is 11.3 Å². The number of amides is 1. The van der Waals surface area contributed by atoms with Gasteiger partial charge >= 0.3 is 0 Å². The summed E-state index contributed by atoms with van der Waals surface area (Å²) < 4.78 is 24.4. The van der Waals surface area contributed by atoms with E-state index in [0.717, 1.165) is 22.8 Å². The van der Waals surface area contributed by atoms with Gasteiger partial charge in [0.1, 0.15) is 0 Å². The van der Waals surface area contributed by atoms with Crippen LogP contribution in [-0.4, -0.2) is 30.5 Å². The maximum absolute atomic E-state index is 13.5. The van der Waals surface area contributed by atoms with E-state index in [-0.39, 0.29) is 10.8 Å². The normalized spacial score (nSPS) is 11.7. The molecule has 0 radical (unpaired) electrons. The van der Waals surface area contributed by atoms with Crippen molar-refractivity contribution in [2.45, 2.75) is 11.8 Å². The molecule has 0 aliphatic carbocycles. The molecule has 0 spiro atoms. The number of hydrogen-bond donors (Lipinski definition) is 1. The van der Waals surface area contributed by atoms with E-state index in [0.29, 0.717) is 37.1 Å². The predicted octanol–water partition coefficient (Wildman–Crippen LogP) is 6.13. The van der Waals surface area contributed by atoms with Gasteiger partial charge in [-0.15, -0.1) is 0 Å². The van der Waals surface area contributed by atoms with Crippen LogP contribution in [0.5, 0.6) is 0 Å². The molecular weight excluding hydrogens is 490 g/mol. The van der Waals surface area contributed by atoms with Crippen molar-refractivity contribution in [2.24, 2.45) is 0 Å². The van der Waals surface area contributed by atoms with E-state index in [1.807, 2.05) is 43.3 Å². The Morgan fingerprint density at radius 2 is 1.71 bits per heavy atom. The number of hydrogen-bond acceptors (Lipinski definition) is 6. The molecule has 0 unspecified atom stereocenters. The number of carbonyl (C=O) groups is 1. The first kappa shape index (κ1) is 22.5. The van der Waals surface area contributed by atoms with Crippen molar-refractivity contribution in [1.29, 1.82) is 0 Å². The molecule has 5 rings (SSSR count). The Morgan fingerprint density at radius 3 is 2.44 bits per heavy atom. The van der Waals surface area contributed by atoms with E-state index in [1.54, 1.807) is 24.3 Å². The third-order valence-electron chi connectivity index (χ3n) is 5.49. The summed E-state index contributed by atoms with van der Waals surface area (Å²) in [4.78, 5) is 23.0. The minimum atomic E-state index is -3.34. The Kier molecular flexibility index (Phi) is 5.59.